The smallest absolute Gasteiger partial charge is 0.336 e. The highest BCUT2D eigenvalue weighted by Gasteiger charge is 2.22. The summed E-state index contributed by atoms with van der Waals surface area (Å²) in [7, 11) is 0. The molecule has 0 radical (unpaired) electrons. The summed E-state index contributed by atoms with van der Waals surface area (Å²) < 4.78 is 5.30. The fraction of sp³-hybridized carbons (Fsp3) is 0.267. The molecular weight excluding hydrogens is 270 g/mol. The molecule has 2 aromatic rings. The van der Waals surface area contributed by atoms with Crippen molar-refractivity contribution in [3.63, 3.8) is 0 Å². The molecule has 0 amide bonds. The van der Waals surface area contributed by atoms with E-state index in [2.05, 4.69) is 11.1 Å². The molecule has 1 fully saturated rings. The van der Waals surface area contributed by atoms with E-state index in [4.69, 9.17) is 10.00 Å². The molecule has 1 aliphatic rings. The summed E-state index contributed by atoms with van der Waals surface area (Å²) in [5.74, 6) is -0.422. The van der Waals surface area contributed by atoms with Crippen molar-refractivity contribution in [2.75, 3.05) is 24.6 Å². The number of aromatic nitrogens is 1. The molecule has 0 bridgehead atoms. The number of carboxylic acids is 1. The van der Waals surface area contributed by atoms with Crippen LogP contribution in [0.4, 0.5) is 5.82 Å². The molecule has 1 aromatic heterocycles. The van der Waals surface area contributed by atoms with E-state index in [1.54, 1.807) is 24.3 Å². The summed E-state index contributed by atoms with van der Waals surface area (Å²) in [6.07, 6.45) is -0.514. The van der Waals surface area contributed by atoms with Crippen molar-refractivity contribution >= 4 is 22.7 Å². The van der Waals surface area contributed by atoms with Crippen LogP contribution < -0.4 is 4.90 Å². The summed E-state index contributed by atoms with van der Waals surface area (Å²) >= 11 is 0. The lowest BCUT2D eigenvalue weighted by atomic mass is 10.1. The number of benzene rings is 1. The Kier molecular flexibility index (Phi) is 3.42. The first-order chi connectivity index (χ1) is 10.2. The van der Waals surface area contributed by atoms with Crippen LogP contribution >= 0.6 is 0 Å². The number of nitrogens with zero attached hydrogens (tertiary/aromatic N) is 3. The van der Waals surface area contributed by atoms with Crippen LogP contribution in [0.5, 0.6) is 0 Å². The van der Waals surface area contributed by atoms with Gasteiger partial charge in [0.05, 0.1) is 30.3 Å². The Morgan fingerprint density at radius 2 is 2.29 bits per heavy atom. The average Bonchev–Trinajstić information content (AvgIpc) is 2.53. The van der Waals surface area contributed by atoms with Gasteiger partial charge in [0.15, 0.2) is 6.10 Å². The van der Waals surface area contributed by atoms with Gasteiger partial charge in [-0.1, -0.05) is 18.2 Å². The molecule has 6 heteroatoms. The van der Waals surface area contributed by atoms with Gasteiger partial charge in [0.2, 0.25) is 0 Å². The van der Waals surface area contributed by atoms with E-state index in [1.165, 1.54) is 0 Å². The quantitative estimate of drug-likeness (QED) is 0.902. The Bertz CT molecular complexity index is 739. The maximum atomic E-state index is 11.4. The lowest BCUT2D eigenvalue weighted by molar-refractivity contribution is 0.0699. The number of para-hydroxylation sites is 1. The maximum absolute atomic E-state index is 11.4. The highest BCUT2D eigenvalue weighted by molar-refractivity contribution is 6.03. The number of nitriles is 1. The van der Waals surface area contributed by atoms with Crippen molar-refractivity contribution in [3.8, 4) is 6.07 Å². The van der Waals surface area contributed by atoms with Crippen LogP contribution in [0.15, 0.2) is 30.3 Å². The number of ether oxygens (including phenoxy) is 1. The Balaban J connectivity index is 2.07. The molecule has 0 spiro atoms. The summed E-state index contributed by atoms with van der Waals surface area (Å²) in [6.45, 7) is 1.40. The molecule has 0 saturated carbocycles. The molecule has 1 aliphatic heterocycles. The van der Waals surface area contributed by atoms with Gasteiger partial charge in [-0.2, -0.15) is 5.26 Å². The summed E-state index contributed by atoms with van der Waals surface area (Å²) in [5, 5.41) is 18.9. The third kappa shape index (κ3) is 2.51. The minimum atomic E-state index is -0.986. The van der Waals surface area contributed by atoms with Gasteiger partial charge >= 0.3 is 5.97 Å². The van der Waals surface area contributed by atoms with E-state index in [-0.39, 0.29) is 5.56 Å². The first-order valence-corrected chi connectivity index (χ1v) is 6.58. The zero-order valence-electron chi connectivity index (χ0n) is 11.2. The zero-order valence-corrected chi connectivity index (χ0v) is 11.2. The number of morpholine rings is 1. The number of rotatable bonds is 2. The number of hydrogen-bond donors (Lipinski definition) is 1. The average molecular weight is 283 g/mol. The summed E-state index contributed by atoms with van der Waals surface area (Å²) in [5.41, 5.74) is 0.850. The molecule has 2 heterocycles. The predicted octanol–water partition coefficient (Wildman–Crippen LogP) is 1.66. The molecule has 3 rings (SSSR count). The highest BCUT2D eigenvalue weighted by Crippen LogP contribution is 2.24. The van der Waals surface area contributed by atoms with Crippen molar-refractivity contribution in [1.29, 1.82) is 5.26 Å². The maximum Gasteiger partial charge on any atom is 0.336 e. The van der Waals surface area contributed by atoms with Crippen molar-refractivity contribution in [3.05, 3.63) is 35.9 Å². The number of carbonyl (C=O) groups is 1. The van der Waals surface area contributed by atoms with Gasteiger partial charge < -0.3 is 14.7 Å². The normalized spacial score (nSPS) is 18.4. The van der Waals surface area contributed by atoms with Crippen LogP contribution in [0.1, 0.15) is 10.4 Å². The molecular formula is C15H13N3O3. The topological polar surface area (TPSA) is 86.5 Å². The monoisotopic (exact) mass is 283 g/mol. The second kappa shape index (κ2) is 5.38. The van der Waals surface area contributed by atoms with E-state index in [9.17, 15) is 9.90 Å². The largest absolute Gasteiger partial charge is 0.478 e. The van der Waals surface area contributed by atoms with Gasteiger partial charge in [0.1, 0.15) is 5.82 Å². The molecule has 0 aliphatic carbocycles. The number of aromatic carboxylic acids is 1. The first-order valence-electron chi connectivity index (χ1n) is 6.58. The molecule has 21 heavy (non-hydrogen) atoms. The molecule has 1 atom stereocenters. The van der Waals surface area contributed by atoms with Gasteiger partial charge in [0, 0.05) is 11.9 Å². The molecule has 1 aromatic carbocycles. The highest BCUT2D eigenvalue weighted by atomic mass is 16.5. The van der Waals surface area contributed by atoms with Gasteiger partial charge in [-0.25, -0.2) is 9.78 Å². The van der Waals surface area contributed by atoms with Crippen molar-refractivity contribution in [2.24, 2.45) is 0 Å². The number of pyridine rings is 1. The van der Waals surface area contributed by atoms with Gasteiger partial charge in [-0.15, -0.1) is 0 Å². The summed E-state index contributed by atoms with van der Waals surface area (Å²) in [6, 6.07) is 10.8. The Labute approximate surface area is 121 Å². The lowest BCUT2D eigenvalue weighted by Crippen LogP contribution is -2.42. The van der Waals surface area contributed by atoms with Crippen molar-refractivity contribution in [1.82, 2.24) is 4.98 Å². The Morgan fingerprint density at radius 3 is 3.05 bits per heavy atom. The standard InChI is InChI=1S/C15H13N3O3/c16-8-10-9-18(5-6-21-10)14-7-12(15(19)20)11-3-1-2-4-13(11)17-14/h1-4,7,10H,5-6,9H2,(H,19,20). The second-order valence-electron chi connectivity index (χ2n) is 4.78. The van der Waals surface area contributed by atoms with Crippen LogP contribution in [-0.4, -0.2) is 41.9 Å². The van der Waals surface area contributed by atoms with E-state index in [1.807, 2.05) is 11.0 Å². The lowest BCUT2D eigenvalue weighted by Gasteiger charge is -2.31. The Morgan fingerprint density at radius 1 is 1.48 bits per heavy atom. The minimum Gasteiger partial charge on any atom is -0.478 e. The SMILES string of the molecule is N#CC1CN(c2cc(C(=O)O)c3ccccc3n2)CCO1. The minimum absolute atomic E-state index is 0.218. The molecule has 1 saturated heterocycles. The van der Waals surface area contributed by atoms with Crippen LogP contribution in [-0.2, 0) is 4.74 Å². The fourth-order valence-corrected chi connectivity index (χ4v) is 2.44. The number of carboxylic acid groups (broad SMARTS) is 1. The van der Waals surface area contributed by atoms with E-state index >= 15 is 0 Å². The molecule has 106 valence electrons. The van der Waals surface area contributed by atoms with E-state index in [0.29, 0.717) is 36.4 Å². The molecule has 1 N–H and O–H groups in total. The van der Waals surface area contributed by atoms with Crippen LogP contribution in [0.2, 0.25) is 0 Å². The predicted molar refractivity (Wildman–Crippen MR) is 76.3 cm³/mol. The van der Waals surface area contributed by atoms with Crippen LogP contribution in [0.25, 0.3) is 10.9 Å². The van der Waals surface area contributed by atoms with Crippen LogP contribution in [0, 0.1) is 11.3 Å². The number of fused-ring (bicyclic) bond motifs is 1. The van der Waals surface area contributed by atoms with Crippen molar-refractivity contribution in [2.45, 2.75) is 6.10 Å². The summed E-state index contributed by atoms with van der Waals surface area (Å²) in [4.78, 5) is 17.8. The van der Waals surface area contributed by atoms with Crippen molar-refractivity contribution < 1.29 is 14.6 Å². The number of anilines is 1. The zero-order chi connectivity index (χ0) is 14.8. The van der Waals surface area contributed by atoms with E-state index in [0.717, 1.165) is 0 Å². The van der Waals surface area contributed by atoms with E-state index < -0.39 is 12.1 Å². The third-order valence-electron chi connectivity index (χ3n) is 3.47. The number of hydrogen-bond acceptors (Lipinski definition) is 5. The van der Waals surface area contributed by atoms with Crippen LogP contribution in [0.3, 0.4) is 0 Å². The van der Waals surface area contributed by atoms with Gasteiger partial charge in [-0.3, -0.25) is 0 Å². The first kappa shape index (κ1) is 13.3. The van der Waals surface area contributed by atoms with Gasteiger partial charge in [-0.05, 0) is 12.1 Å². The molecule has 1 unspecified atom stereocenters. The second-order valence-corrected chi connectivity index (χ2v) is 4.78. The van der Waals surface area contributed by atoms with Gasteiger partial charge in [0.25, 0.3) is 0 Å². The molecule has 6 nitrogen and oxygen atoms in total. The third-order valence-corrected chi connectivity index (χ3v) is 3.47. The fourth-order valence-electron chi connectivity index (χ4n) is 2.44. The Hall–Kier alpha value is -2.65.